The van der Waals surface area contributed by atoms with E-state index in [1.54, 1.807) is 0 Å². The van der Waals surface area contributed by atoms with E-state index in [4.69, 9.17) is 10.6 Å². The minimum absolute atomic E-state index is 0.226. The second-order valence-corrected chi connectivity index (χ2v) is 7.64. The molecule has 3 N–H and O–H groups in total. The van der Waals surface area contributed by atoms with E-state index in [1.165, 1.54) is 17.5 Å². The van der Waals surface area contributed by atoms with Crippen LogP contribution in [0.2, 0.25) is 0 Å². The van der Waals surface area contributed by atoms with Gasteiger partial charge in [-0.2, -0.15) is 0 Å². The molecule has 3 rings (SSSR count). The molecule has 2 aliphatic rings. The number of nitrogens with zero attached hydrogens (tertiary/aromatic N) is 1. The Morgan fingerprint density at radius 2 is 2.17 bits per heavy atom. The fourth-order valence-electron chi connectivity index (χ4n) is 4.96. The van der Waals surface area contributed by atoms with Crippen LogP contribution in [0.1, 0.15) is 43.2 Å². The summed E-state index contributed by atoms with van der Waals surface area (Å²) in [4.78, 5) is 5.16. The zero-order valence-corrected chi connectivity index (χ0v) is 14.8. The first-order valence-corrected chi connectivity index (χ1v) is 9.20. The van der Waals surface area contributed by atoms with Crippen molar-refractivity contribution in [2.75, 3.05) is 13.2 Å². The van der Waals surface area contributed by atoms with Crippen LogP contribution < -0.4 is 5.73 Å². The number of nitrogens with two attached hydrogens (primary N) is 1. The van der Waals surface area contributed by atoms with E-state index in [0.29, 0.717) is 42.7 Å². The lowest BCUT2D eigenvalue weighted by molar-refractivity contribution is 0.0660. The molecular formula is C20H30N2O2. The second kappa shape index (κ2) is 7.66. The molecule has 4 heteroatoms. The third kappa shape index (κ3) is 3.65. The molecule has 132 valence electrons. The topological polar surface area (TPSA) is 67.8 Å². The van der Waals surface area contributed by atoms with Gasteiger partial charge in [0.05, 0.1) is 6.10 Å². The molecule has 2 aliphatic carbocycles. The smallest absolute Gasteiger partial charge is 0.129 e. The summed E-state index contributed by atoms with van der Waals surface area (Å²) >= 11 is 0. The highest BCUT2D eigenvalue weighted by atomic mass is 16.6. The highest BCUT2D eigenvalue weighted by Crippen LogP contribution is 2.52. The van der Waals surface area contributed by atoms with E-state index < -0.39 is 0 Å². The average molecular weight is 330 g/mol. The molecule has 0 aliphatic heterocycles. The van der Waals surface area contributed by atoms with Gasteiger partial charge < -0.3 is 15.7 Å². The van der Waals surface area contributed by atoms with Crippen molar-refractivity contribution in [3.05, 3.63) is 35.4 Å². The van der Waals surface area contributed by atoms with E-state index in [1.807, 2.05) is 6.21 Å². The van der Waals surface area contributed by atoms with Crippen molar-refractivity contribution in [1.82, 2.24) is 0 Å². The Kier molecular flexibility index (Phi) is 5.57. The maximum Gasteiger partial charge on any atom is 0.129 e. The molecule has 2 fully saturated rings. The van der Waals surface area contributed by atoms with Gasteiger partial charge in [-0.05, 0) is 55.4 Å². The lowest BCUT2D eigenvalue weighted by atomic mass is 9.66. The molecule has 0 heterocycles. The Morgan fingerprint density at radius 1 is 1.33 bits per heavy atom. The van der Waals surface area contributed by atoms with Crippen LogP contribution in [0.4, 0.5) is 0 Å². The van der Waals surface area contributed by atoms with E-state index in [9.17, 15) is 5.11 Å². The van der Waals surface area contributed by atoms with Crippen molar-refractivity contribution in [1.29, 1.82) is 0 Å². The van der Waals surface area contributed by atoms with Gasteiger partial charge in [0.2, 0.25) is 0 Å². The lowest BCUT2D eigenvalue weighted by Crippen LogP contribution is -2.34. The SMILES string of the molecule is Cc1cccc([C@H]2CC(C)[C@H]3[C@H](C2)C(O)C[C@@H]3/C=N/OCCN)c1. The van der Waals surface area contributed by atoms with Crippen LogP contribution in [0.3, 0.4) is 0 Å². The van der Waals surface area contributed by atoms with Gasteiger partial charge in [0.25, 0.3) is 0 Å². The van der Waals surface area contributed by atoms with Crippen LogP contribution in [-0.4, -0.2) is 30.6 Å². The number of benzene rings is 1. The van der Waals surface area contributed by atoms with E-state index in [2.05, 4.69) is 43.3 Å². The van der Waals surface area contributed by atoms with E-state index >= 15 is 0 Å². The Labute approximate surface area is 145 Å². The van der Waals surface area contributed by atoms with Crippen molar-refractivity contribution in [2.24, 2.45) is 34.6 Å². The van der Waals surface area contributed by atoms with Crippen molar-refractivity contribution in [3.8, 4) is 0 Å². The van der Waals surface area contributed by atoms with Gasteiger partial charge in [-0.25, -0.2) is 0 Å². The Hall–Kier alpha value is -1.39. The number of rotatable bonds is 5. The van der Waals surface area contributed by atoms with Crippen LogP contribution in [-0.2, 0) is 4.84 Å². The Balaban J connectivity index is 1.71. The molecule has 1 aromatic rings. The number of aryl methyl sites for hydroxylation is 1. The number of hydrogen-bond donors (Lipinski definition) is 2. The summed E-state index contributed by atoms with van der Waals surface area (Å²) < 4.78 is 0. The van der Waals surface area contributed by atoms with Gasteiger partial charge in [-0.15, -0.1) is 0 Å². The maximum absolute atomic E-state index is 10.6. The number of aliphatic hydroxyl groups is 1. The van der Waals surface area contributed by atoms with Crippen LogP contribution in [0.25, 0.3) is 0 Å². The fraction of sp³-hybridized carbons (Fsp3) is 0.650. The Bertz CT molecular complexity index is 575. The molecular weight excluding hydrogens is 300 g/mol. The summed E-state index contributed by atoms with van der Waals surface area (Å²) in [6, 6.07) is 8.85. The summed E-state index contributed by atoms with van der Waals surface area (Å²) in [6.45, 7) is 5.41. The van der Waals surface area contributed by atoms with Crippen LogP contribution >= 0.6 is 0 Å². The van der Waals surface area contributed by atoms with Crippen molar-refractivity contribution < 1.29 is 9.94 Å². The van der Waals surface area contributed by atoms with Crippen molar-refractivity contribution in [2.45, 2.75) is 45.1 Å². The van der Waals surface area contributed by atoms with Gasteiger partial charge in [0.15, 0.2) is 0 Å². The molecule has 24 heavy (non-hydrogen) atoms. The summed E-state index contributed by atoms with van der Waals surface area (Å²) in [7, 11) is 0. The summed E-state index contributed by atoms with van der Waals surface area (Å²) in [5.41, 5.74) is 8.16. The summed E-state index contributed by atoms with van der Waals surface area (Å²) in [6.07, 6.45) is 4.75. The number of hydrogen-bond acceptors (Lipinski definition) is 4. The summed E-state index contributed by atoms with van der Waals surface area (Å²) in [5.74, 6) is 2.32. The molecule has 2 saturated carbocycles. The largest absolute Gasteiger partial charge is 0.395 e. The van der Waals surface area contributed by atoms with Crippen LogP contribution in [0.5, 0.6) is 0 Å². The molecule has 0 saturated heterocycles. The predicted octanol–water partition coefficient (Wildman–Crippen LogP) is 3.08. The quantitative estimate of drug-likeness (QED) is 0.495. The van der Waals surface area contributed by atoms with Crippen LogP contribution in [0, 0.1) is 30.6 Å². The minimum atomic E-state index is -0.226. The van der Waals surface area contributed by atoms with E-state index in [0.717, 1.165) is 12.8 Å². The third-order valence-corrected chi connectivity index (χ3v) is 5.92. The molecule has 0 bridgehead atoms. The van der Waals surface area contributed by atoms with Crippen molar-refractivity contribution in [3.63, 3.8) is 0 Å². The molecule has 2 unspecified atom stereocenters. The van der Waals surface area contributed by atoms with Gasteiger partial charge >= 0.3 is 0 Å². The number of oxime groups is 1. The highest BCUT2D eigenvalue weighted by Gasteiger charge is 2.48. The molecule has 0 spiro atoms. The zero-order valence-electron chi connectivity index (χ0n) is 14.8. The Morgan fingerprint density at radius 3 is 2.92 bits per heavy atom. The average Bonchev–Trinajstić information content (AvgIpc) is 2.88. The standard InChI is InChI=1S/C20H30N2O2/c1-13-4-3-5-15(8-13)16-9-14(2)20-17(12-22-24-7-6-21)11-19(23)18(20)10-16/h3-5,8,12,14,16-20,23H,6-7,9-11,21H2,1-2H3/b22-12+/t14?,16-,17+,18+,19?,20+/m0/s1. The van der Waals surface area contributed by atoms with Gasteiger partial charge in [0, 0.05) is 18.7 Å². The molecule has 0 radical (unpaired) electrons. The summed E-state index contributed by atoms with van der Waals surface area (Å²) in [5, 5.41) is 14.7. The lowest BCUT2D eigenvalue weighted by Gasteiger charge is -2.39. The second-order valence-electron chi connectivity index (χ2n) is 7.64. The molecule has 0 amide bonds. The fourth-order valence-corrected chi connectivity index (χ4v) is 4.96. The highest BCUT2D eigenvalue weighted by molar-refractivity contribution is 5.61. The predicted molar refractivity (Wildman–Crippen MR) is 96.9 cm³/mol. The number of fused-ring (bicyclic) bond motifs is 1. The van der Waals surface area contributed by atoms with Crippen LogP contribution in [0.15, 0.2) is 29.4 Å². The molecule has 6 atom stereocenters. The molecule has 4 nitrogen and oxygen atoms in total. The maximum atomic E-state index is 10.6. The molecule has 1 aromatic carbocycles. The first-order valence-electron chi connectivity index (χ1n) is 9.20. The van der Waals surface area contributed by atoms with Crippen molar-refractivity contribution >= 4 is 6.21 Å². The van der Waals surface area contributed by atoms with Gasteiger partial charge in [0.1, 0.15) is 6.61 Å². The number of aliphatic hydroxyl groups excluding tert-OH is 1. The first-order chi connectivity index (χ1) is 11.6. The molecule has 0 aromatic heterocycles. The minimum Gasteiger partial charge on any atom is -0.395 e. The van der Waals surface area contributed by atoms with E-state index in [-0.39, 0.29) is 6.10 Å². The van der Waals surface area contributed by atoms with Gasteiger partial charge in [-0.1, -0.05) is 41.9 Å². The monoisotopic (exact) mass is 330 g/mol. The van der Waals surface area contributed by atoms with Gasteiger partial charge in [-0.3, -0.25) is 0 Å². The third-order valence-electron chi connectivity index (χ3n) is 5.92. The first kappa shape index (κ1) is 17.4. The zero-order chi connectivity index (χ0) is 17.1. The normalized spacial score (nSPS) is 36.0.